The average molecular weight is 428 g/mol. The Balaban J connectivity index is 1.46. The van der Waals surface area contributed by atoms with E-state index in [1.807, 2.05) is 6.07 Å². The third kappa shape index (κ3) is 4.79. The second-order valence-electron chi connectivity index (χ2n) is 7.32. The van der Waals surface area contributed by atoms with Crippen molar-refractivity contribution in [3.63, 3.8) is 0 Å². The summed E-state index contributed by atoms with van der Waals surface area (Å²) in [5, 5.41) is 2.72. The number of benzene rings is 2. The van der Waals surface area contributed by atoms with Crippen molar-refractivity contribution in [2.45, 2.75) is 25.6 Å². The number of nitrogens with zero attached hydrogens (tertiary/aromatic N) is 1. The van der Waals surface area contributed by atoms with Crippen molar-refractivity contribution in [2.75, 3.05) is 11.9 Å². The molecule has 1 saturated heterocycles. The van der Waals surface area contributed by atoms with Crippen LogP contribution in [0.15, 0.2) is 65.1 Å². The summed E-state index contributed by atoms with van der Waals surface area (Å²) in [5.74, 6) is -0.259. The molecule has 2 amide bonds. The number of alkyl halides is 3. The fourth-order valence-corrected chi connectivity index (χ4v) is 3.50. The average Bonchev–Trinajstić information content (AvgIpc) is 3.38. The third-order valence-electron chi connectivity index (χ3n) is 5.03. The predicted octanol–water partition coefficient (Wildman–Crippen LogP) is 5.34. The largest absolute Gasteiger partial charge is 0.451 e. The number of anilines is 1. The number of carbonyl (C=O) groups excluding carboxylic acids is 2. The van der Waals surface area contributed by atoms with E-state index in [4.69, 9.17) is 4.42 Å². The topological polar surface area (TPSA) is 62.6 Å². The maximum atomic E-state index is 12.9. The van der Waals surface area contributed by atoms with E-state index in [0.29, 0.717) is 18.7 Å². The van der Waals surface area contributed by atoms with Crippen molar-refractivity contribution in [3.8, 4) is 11.3 Å². The molecule has 0 saturated carbocycles. The summed E-state index contributed by atoms with van der Waals surface area (Å²) >= 11 is 0. The van der Waals surface area contributed by atoms with Gasteiger partial charge in [0.2, 0.25) is 5.91 Å². The van der Waals surface area contributed by atoms with Gasteiger partial charge in [-0.25, -0.2) is 0 Å². The minimum atomic E-state index is -4.46. The molecule has 5 nitrogen and oxygen atoms in total. The Morgan fingerprint density at radius 3 is 2.61 bits per heavy atom. The van der Waals surface area contributed by atoms with Gasteiger partial charge in [-0.05, 0) is 48.4 Å². The van der Waals surface area contributed by atoms with Gasteiger partial charge in [0.1, 0.15) is 5.76 Å². The van der Waals surface area contributed by atoms with Crippen LogP contribution in [0.3, 0.4) is 0 Å². The second kappa shape index (κ2) is 8.29. The Hall–Kier alpha value is -3.55. The minimum absolute atomic E-state index is 0.0208. The number of furan rings is 1. The van der Waals surface area contributed by atoms with Crippen LogP contribution in [0.4, 0.5) is 18.9 Å². The maximum absolute atomic E-state index is 12.9. The first-order valence-corrected chi connectivity index (χ1v) is 9.75. The molecule has 1 aliphatic rings. The van der Waals surface area contributed by atoms with E-state index in [-0.39, 0.29) is 23.0 Å². The first-order valence-electron chi connectivity index (χ1n) is 9.75. The zero-order valence-corrected chi connectivity index (χ0v) is 16.4. The fourth-order valence-electron chi connectivity index (χ4n) is 3.50. The van der Waals surface area contributed by atoms with Gasteiger partial charge in [-0.15, -0.1) is 0 Å². The van der Waals surface area contributed by atoms with E-state index < -0.39 is 17.6 Å². The first-order chi connectivity index (χ1) is 14.8. The van der Waals surface area contributed by atoms with Gasteiger partial charge in [-0.3, -0.25) is 9.59 Å². The summed E-state index contributed by atoms with van der Waals surface area (Å²) in [6.07, 6.45) is -3.06. The van der Waals surface area contributed by atoms with Gasteiger partial charge in [-0.2, -0.15) is 13.2 Å². The van der Waals surface area contributed by atoms with Crippen molar-refractivity contribution < 1.29 is 27.2 Å². The Morgan fingerprint density at radius 1 is 1.06 bits per heavy atom. The normalized spacial score (nSPS) is 14.2. The lowest BCUT2D eigenvalue weighted by Gasteiger charge is -2.16. The molecule has 0 unspecified atom stereocenters. The molecule has 1 fully saturated rings. The number of amides is 2. The highest BCUT2D eigenvalue weighted by Gasteiger charge is 2.30. The summed E-state index contributed by atoms with van der Waals surface area (Å²) in [5.41, 5.74) is 0.857. The summed E-state index contributed by atoms with van der Waals surface area (Å²) in [7, 11) is 0. The van der Waals surface area contributed by atoms with Gasteiger partial charge in [0.15, 0.2) is 5.76 Å². The molecule has 1 aromatic heterocycles. The van der Waals surface area contributed by atoms with Gasteiger partial charge >= 0.3 is 6.18 Å². The molecule has 3 aromatic rings. The van der Waals surface area contributed by atoms with Crippen molar-refractivity contribution >= 4 is 17.5 Å². The second-order valence-corrected chi connectivity index (χ2v) is 7.32. The van der Waals surface area contributed by atoms with Crippen LogP contribution in [0.2, 0.25) is 0 Å². The summed E-state index contributed by atoms with van der Waals surface area (Å²) in [6.45, 7) is 1.20. The van der Waals surface area contributed by atoms with Gasteiger partial charge in [0.05, 0.1) is 5.56 Å². The van der Waals surface area contributed by atoms with E-state index in [2.05, 4.69) is 5.32 Å². The van der Waals surface area contributed by atoms with Crippen molar-refractivity contribution in [2.24, 2.45) is 0 Å². The number of hydrogen-bond donors (Lipinski definition) is 1. The van der Waals surface area contributed by atoms with Crippen LogP contribution >= 0.6 is 0 Å². The first kappa shape index (κ1) is 20.7. The van der Waals surface area contributed by atoms with E-state index in [1.54, 1.807) is 23.1 Å². The van der Waals surface area contributed by atoms with Crippen LogP contribution in [0, 0.1) is 0 Å². The molecule has 31 heavy (non-hydrogen) atoms. The highest BCUT2D eigenvalue weighted by molar-refractivity contribution is 6.02. The predicted molar refractivity (Wildman–Crippen MR) is 108 cm³/mol. The number of rotatable bonds is 5. The van der Waals surface area contributed by atoms with Crippen LogP contribution in [0.5, 0.6) is 0 Å². The third-order valence-corrected chi connectivity index (χ3v) is 5.03. The molecular weight excluding hydrogens is 409 g/mol. The molecular formula is C23H19F3N2O3. The monoisotopic (exact) mass is 428 g/mol. The molecule has 0 radical (unpaired) electrons. The lowest BCUT2D eigenvalue weighted by Crippen LogP contribution is -2.23. The molecule has 1 aliphatic heterocycles. The lowest BCUT2D eigenvalue weighted by molar-refractivity contribution is -0.137. The number of likely N-dealkylation sites (tertiary alicyclic amines) is 1. The van der Waals surface area contributed by atoms with Crippen LogP contribution in [0.25, 0.3) is 11.3 Å². The van der Waals surface area contributed by atoms with Gasteiger partial charge in [0, 0.05) is 30.8 Å². The number of nitrogens with one attached hydrogen (secondary N) is 1. The molecule has 0 bridgehead atoms. The number of halogens is 3. The minimum Gasteiger partial charge on any atom is -0.451 e. The molecule has 160 valence electrons. The van der Waals surface area contributed by atoms with Crippen LogP contribution in [-0.4, -0.2) is 23.3 Å². The summed E-state index contributed by atoms with van der Waals surface area (Å²) in [4.78, 5) is 26.1. The lowest BCUT2D eigenvalue weighted by atomic mass is 10.1. The van der Waals surface area contributed by atoms with Crippen LogP contribution in [-0.2, 0) is 17.5 Å². The van der Waals surface area contributed by atoms with Crippen molar-refractivity contribution in [1.82, 2.24) is 4.90 Å². The van der Waals surface area contributed by atoms with E-state index in [9.17, 15) is 22.8 Å². The fraction of sp³-hybridized carbons (Fsp3) is 0.217. The Morgan fingerprint density at radius 2 is 1.87 bits per heavy atom. The van der Waals surface area contributed by atoms with Gasteiger partial charge in [0.25, 0.3) is 5.91 Å². The van der Waals surface area contributed by atoms with E-state index >= 15 is 0 Å². The standard InChI is InChI=1S/C23H19F3N2O3/c24-23(25,26)17-6-2-5-16(13-17)19-9-10-20(31-19)22(30)27-18-7-1-4-15(12-18)14-28-11-3-8-21(28)29/h1-2,4-7,9-10,12-13H,3,8,11,14H2,(H,27,30). The molecule has 2 aromatic carbocycles. The molecule has 0 spiro atoms. The Bertz CT molecular complexity index is 1120. The SMILES string of the molecule is O=C(Nc1cccc(CN2CCCC2=O)c1)c1ccc(-c2cccc(C(F)(F)F)c2)o1. The van der Waals surface area contributed by atoms with Crippen molar-refractivity contribution in [3.05, 3.63) is 77.6 Å². The van der Waals surface area contributed by atoms with Crippen LogP contribution < -0.4 is 5.32 Å². The number of carbonyl (C=O) groups is 2. The molecule has 8 heteroatoms. The van der Waals surface area contributed by atoms with E-state index in [1.165, 1.54) is 24.3 Å². The van der Waals surface area contributed by atoms with Gasteiger partial charge < -0.3 is 14.6 Å². The highest BCUT2D eigenvalue weighted by Crippen LogP contribution is 2.32. The highest BCUT2D eigenvalue weighted by atomic mass is 19.4. The molecule has 2 heterocycles. The summed E-state index contributed by atoms with van der Waals surface area (Å²) < 4.78 is 44.3. The van der Waals surface area contributed by atoms with Gasteiger partial charge in [-0.1, -0.05) is 24.3 Å². The Kier molecular flexibility index (Phi) is 5.54. The quantitative estimate of drug-likeness (QED) is 0.597. The van der Waals surface area contributed by atoms with E-state index in [0.717, 1.165) is 30.7 Å². The van der Waals surface area contributed by atoms with Crippen molar-refractivity contribution in [1.29, 1.82) is 0 Å². The molecule has 0 aliphatic carbocycles. The maximum Gasteiger partial charge on any atom is 0.416 e. The summed E-state index contributed by atoms with van der Waals surface area (Å²) in [6, 6.07) is 14.7. The zero-order valence-electron chi connectivity index (χ0n) is 16.4. The number of hydrogen-bond acceptors (Lipinski definition) is 3. The molecule has 4 rings (SSSR count). The Labute approximate surface area is 176 Å². The smallest absolute Gasteiger partial charge is 0.416 e. The molecule has 1 N–H and O–H groups in total. The zero-order chi connectivity index (χ0) is 22.0. The molecule has 0 atom stereocenters. The van der Waals surface area contributed by atoms with Crippen LogP contribution in [0.1, 0.15) is 34.5 Å².